The minimum atomic E-state index is -0.985. The Morgan fingerprint density at radius 3 is 2.58 bits per heavy atom. The number of nitriles is 1. The van der Waals surface area contributed by atoms with Crippen molar-refractivity contribution in [1.29, 1.82) is 5.26 Å². The number of hydrogen-bond acceptors (Lipinski definition) is 6. The van der Waals surface area contributed by atoms with Crippen LogP contribution in [0.3, 0.4) is 0 Å². The van der Waals surface area contributed by atoms with Gasteiger partial charge in [-0.05, 0) is 80.5 Å². The molecule has 5 rings (SSSR count). The second-order valence-electron chi connectivity index (χ2n) is 11.1. The Morgan fingerprint density at radius 1 is 1.10 bits per heavy atom. The Hall–Kier alpha value is -1.55. The van der Waals surface area contributed by atoms with Crippen molar-refractivity contribution in [3.63, 3.8) is 0 Å². The summed E-state index contributed by atoms with van der Waals surface area (Å²) in [7, 11) is 1.48. The largest absolute Gasteiger partial charge is 0.468 e. The normalized spacial score (nSPS) is 48.9. The van der Waals surface area contributed by atoms with Gasteiger partial charge in [0.1, 0.15) is 11.6 Å². The highest BCUT2D eigenvalue weighted by Gasteiger charge is 2.70. The first-order valence-corrected chi connectivity index (χ1v) is 11.8. The molecule has 9 atom stereocenters. The molecule has 170 valence electrons. The van der Waals surface area contributed by atoms with Gasteiger partial charge < -0.3 is 24.5 Å². The fraction of sp³-hybridized carbons (Fsp3) is 0.800. The summed E-state index contributed by atoms with van der Waals surface area (Å²) in [6.45, 7) is 4.35. The number of methoxy groups -OCH3 is 1. The van der Waals surface area contributed by atoms with E-state index in [2.05, 4.69) is 13.0 Å². The molecule has 0 aromatic carbocycles. The van der Waals surface area contributed by atoms with E-state index in [4.69, 9.17) is 9.15 Å². The molecule has 0 spiro atoms. The van der Waals surface area contributed by atoms with Crippen LogP contribution in [0.2, 0.25) is 0 Å². The van der Waals surface area contributed by atoms with Crippen LogP contribution in [0, 0.1) is 39.9 Å². The van der Waals surface area contributed by atoms with Gasteiger partial charge in [0.15, 0.2) is 0 Å². The van der Waals surface area contributed by atoms with Gasteiger partial charge in [-0.15, -0.1) is 0 Å². The fourth-order valence-corrected chi connectivity index (χ4v) is 8.55. The minimum Gasteiger partial charge on any atom is -0.468 e. The molecule has 4 fully saturated rings. The van der Waals surface area contributed by atoms with Crippen molar-refractivity contribution < 1.29 is 24.5 Å². The second kappa shape index (κ2) is 6.97. The van der Waals surface area contributed by atoms with Crippen LogP contribution < -0.4 is 4.74 Å². The molecule has 0 amide bonds. The highest BCUT2D eigenvalue weighted by molar-refractivity contribution is 5.47. The van der Waals surface area contributed by atoms with Crippen LogP contribution in [-0.4, -0.2) is 40.2 Å². The lowest BCUT2D eigenvalue weighted by atomic mass is 9.42. The number of fused-ring (bicyclic) bond motifs is 5. The fourth-order valence-electron chi connectivity index (χ4n) is 8.55. The molecule has 1 aromatic heterocycles. The van der Waals surface area contributed by atoms with Gasteiger partial charge in [0.2, 0.25) is 0 Å². The van der Waals surface area contributed by atoms with Crippen molar-refractivity contribution in [2.75, 3.05) is 7.11 Å². The quantitative estimate of drug-likeness (QED) is 0.661. The van der Waals surface area contributed by atoms with E-state index in [1.54, 1.807) is 6.26 Å². The molecule has 0 radical (unpaired) electrons. The molecule has 6 nitrogen and oxygen atoms in total. The van der Waals surface area contributed by atoms with Crippen molar-refractivity contribution in [2.45, 2.75) is 88.9 Å². The number of aliphatic hydroxyl groups excluding tert-OH is 2. The van der Waals surface area contributed by atoms with Crippen LogP contribution in [0.1, 0.15) is 82.3 Å². The summed E-state index contributed by atoms with van der Waals surface area (Å²) in [5, 5.41) is 43.9. The lowest BCUT2D eigenvalue weighted by molar-refractivity contribution is -0.241. The summed E-state index contributed by atoms with van der Waals surface area (Å²) in [6, 6.07) is 2.21. The van der Waals surface area contributed by atoms with Crippen LogP contribution in [0.15, 0.2) is 10.7 Å². The maximum Gasteiger partial charge on any atom is 0.302 e. The van der Waals surface area contributed by atoms with E-state index >= 15 is 0 Å². The SMILES string of the molecule is COc1occ([C@H]2CC[C@]3(O)[C@@H]4CC[C@@H]5C[C@@H](O)CC[C@]5(C)[C@H]4C[C@@H](O)[C@]23C)c1C#N. The van der Waals surface area contributed by atoms with Gasteiger partial charge >= 0.3 is 5.95 Å². The lowest BCUT2D eigenvalue weighted by Gasteiger charge is -2.64. The standard InChI is InChI=1S/C25H35NO5/c1-23-8-6-15(27)10-14(23)4-5-19-20(23)11-21(28)24(2)18(7-9-25(19,24)29)17-13-31-22(30-3)16(17)12-26/h13-15,18-21,27-29H,4-11H2,1-3H3/t14-,15+,18-,19-,20+,21-,23+,24+,25+/m1/s1. The van der Waals surface area contributed by atoms with Crippen LogP contribution >= 0.6 is 0 Å². The topological polar surface area (TPSA) is 107 Å². The third kappa shape index (κ3) is 2.60. The molecular weight excluding hydrogens is 394 g/mol. The summed E-state index contributed by atoms with van der Waals surface area (Å²) >= 11 is 0. The number of nitrogens with zero attached hydrogens (tertiary/aromatic N) is 1. The number of hydrogen-bond donors (Lipinski definition) is 3. The number of furan rings is 1. The average molecular weight is 430 g/mol. The third-order valence-electron chi connectivity index (χ3n) is 10.4. The summed E-state index contributed by atoms with van der Waals surface area (Å²) < 4.78 is 10.7. The lowest BCUT2D eigenvalue weighted by Crippen LogP contribution is -2.66. The predicted octanol–water partition coefficient (Wildman–Crippen LogP) is 3.73. The molecule has 0 bridgehead atoms. The Kier molecular flexibility index (Phi) is 4.79. The van der Waals surface area contributed by atoms with Crippen LogP contribution in [0.25, 0.3) is 0 Å². The Balaban J connectivity index is 1.54. The van der Waals surface area contributed by atoms with Crippen molar-refractivity contribution in [3.8, 4) is 12.0 Å². The number of ether oxygens (including phenoxy) is 1. The van der Waals surface area contributed by atoms with Crippen LogP contribution in [0.4, 0.5) is 0 Å². The maximum atomic E-state index is 12.3. The Labute approximate surface area is 184 Å². The summed E-state index contributed by atoms with van der Waals surface area (Å²) in [5.74, 6) is 0.878. The van der Waals surface area contributed by atoms with Gasteiger partial charge in [0.05, 0.1) is 31.2 Å². The van der Waals surface area contributed by atoms with Crippen LogP contribution in [-0.2, 0) is 0 Å². The van der Waals surface area contributed by atoms with Gasteiger partial charge in [0.25, 0.3) is 0 Å². The highest BCUT2D eigenvalue weighted by Crippen LogP contribution is 2.70. The molecular formula is C25H35NO5. The summed E-state index contributed by atoms with van der Waals surface area (Å²) in [5.41, 5.74) is -0.553. The van der Waals surface area contributed by atoms with Crippen molar-refractivity contribution >= 4 is 0 Å². The van der Waals surface area contributed by atoms with Gasteiger partial charge in [-0.25, -0.2) is 0 Å². The van der Waals surface area contributed by atoms with E-state index in [1.165, 1.54) is 7.11 Å². The molecule has 4 saturated carbocycles. The zero-order valence-electron chi connectivity index (χ0n) is 18.8. The average Bonchev–Trinajstić information content (AvgIpc) is 3.28. The molecule has 31 heavy (non-hydrogen) atoms. The molecule has 6 heteroatoms. The molecule has 4 aliphatic carbocycles. The van der Waals surface area contributed by atoms with Crippen molar-refractivity contribution in [2.24, 2.45) is 28.6 Å². The maximum absolute atomic E-state index is 12.3. The van der Waals surface area contributed by atoms with E-state index < -0.39 is 17.1 Å². The molecule has 0 aliphatic heterocycles. The minimum absolute atomic E-state index is 0.0505. The second-order valence-corrected chi connectivity index (χ2v) is 11.1. The zero-order chi connectivity index (χ0) is 22.2. The van der Waals surface area contributed by atoms with E-state index in [0.29, 0.717) is 30.7 Å². The molecule has 4 aliphatic rings. The van der Waals surface area contributed by atoms with E-state index in [-0.39, 0.29) is 35.2 Å². The summed E-state index contributed by atoms with van der Waals surface area (Å²) in [4.78, 5) is 0. The number of aliphatic hydroxyl groups is 3. The number of rotatable bonds is 2. The first-order valence-electron chi connectivity index (χ1n) is 11.8. The van der Waals surface area contributed by atoms with E-state index in [9.17, 15) is 20.6 Å². The Bertz CT molecular complexity index is 906. The van der Waals surface area contributed by atoms with Crippen molar-refractivity contribution in [1.82, 2.24) is 0 Å². The van der Waals surface area contributed by atoms with Crippen molar-refractivity contribution in [3.05, 3.63) is 17.4 Å². The molecule has 0 unspecified atom stereocenters. The van der Waals surface area contributed by atoms with Crippen LogP contribution in [0.5, 0.6) is 5.95 Å². The van der Waals surface area contributed by atoms with Gasteiger partial charge in [-0.3, -0.25) is 0 Å². The molecule has 0 saturated heterocycles. The molecule has 1 aromatic rings. The first kappa shape index (κ1) is 21.3. The Morgan fingerprint density at radius 2 is 1.87 bits per heavy atom. The third-order valence-corrected chi connectivity index (χ3v) is 10.4. The summed E-state index contributed by atoms with van der Waals surface area (Å²) in [6.07, 6.45) is 7.27. The first-order chi connectivity index (χ1) is 14.7. The smallest absolute Gasteiger partial charge is 0.302 e. The molecule has 1 heterocycles. The zero-order valence-corrected chi connectivity index (χ0v) is 18.8. The highest BCUT2D eigenvalue weighted by atomic mass is 16.6. The van der Waals surface area contributed by atoms with Gasteiger partial charge in [-0.2, -0.15) is 5.26 Å². The van der Waals surface area contributed by atoms with Gasteiger partial charge in [0, 0.05) is 11.0 Å². The van der Waals surface area contributed by atoms with E-state index in [1.807, 2.05) is 6.92 Å². The monoisotopic (exact) mass is 429 g/mol. The molecule has 3 N–H and O–H groups in total. The van der Waals surface area contributed by atoms with Gasteiger partial charge in [-0.1, -0.05) is 13.8 Å². The van der Waals surface area contributed by atoms with E-state index in [0.717, 1.165) is 37.7 Å². The predicted molar refractivity (Wildman–Crippen MR) is 113 cm³/mol.